The maximum atomic E-state index is 12.2. The molecular weight excluding hydrogens is 286 g/mol. The van der Waals surface area contributed by atoms with Gasteiger partial charge in [0.25, 0.3) is 5.69 Å². The first-order chi connectivity index (χ1) is 10.6. The number of rotatable bonds is 3. The number of aromatic nitrogens is 2. The third-order valence-electron chi connectivity index (χ3n) is 3.74. The summed E-state index contributed by atoms with van der Waals surface area (Å²) in [6.07, 6.45) is 3.43. The molecule has 112 valence electrons. The molecule has 2 atom stereocenters. The van der Waals surface area contributed by atoms with Crippen LogP contribution in [0.5, 0.6) is 0 Å². The minimum Gasteiger partial charge on any atom is -0.452 e. The molecule has 0 amide bonds. The summed E-state index contributed by atoms with van der Waals surface area (Å²) in [4.78, 5) is 30.4. The summed E-state index contributed by atoms with van der Waals surface area (Å²) < 4.78 is 5.50. The normalized spacial score (nSPS) is 19.5. The molecule has 0 spiro atoms. The quantitative estimate of drug-likeness (QED) is 0.491. The Labute approximate surface area is 126 Å². The second-order valence-electron chi connectivity index (χ2n) is 5.20. The standard InChI is InChI=1S/C15H13N3O4/c1-9-6-13(14-12(9)7-16-8-17-14)22-15(19)10-2-4-11(5-3-10)18(20)21/h2-5,7-9,13H,6H2,1H3/t9-,13-/m1/s1. The molecule has 3 rings (SSSR count). The average molecular weight is 299 g/mol. The predicted octanol–water partition coefficient (Wildman–Crippen LogP) is 2.79. The van der Waals surface area contributed by atoms with Crippen LogP contribution >= 0.6 is 0 Å². The molecule has 0 radical (unpaired) electrons. The van der Waals surface area contributed by atoms with Crippen LogP contribution in [-0.4, -0.2) is 20.9 Å². The van der Waals surface area contributed by atoms with E-state index in [1.165, 1.54) is 30.6 Å². The van der Waals surface area contributed by atoms with Crippen molar-refractivity contribution < 1.29 is 14.5 Å². The van der Waals surface area contributed by atoms with E-state index in [-0.39, 0.29) is 17.2 Å². The van der Waals surface area contributed by atoms with Crippen LogP contribution in [0.15, 0.2) is 36.8 Å². The Morgan fingerprint density at radius 3 is 2.77 bits per heavy atom. The van der Waals surface area contributed by atoms with Crippen molar-refractivity contribution >= 4 is 11.7 Å². The Morgan fingerprint density at radius 1 is 1.36 bits per heavy atom. The number of carbonyl (C=O) groups excluding carboxylic acids is 1. The molecule has 1 aliphatic carbocycles. The summed E-state index contributed by atoms with van der Waals surface area (Å²) in [5, 5.41) is 10.6. The van der Waals surface area contributed by atoms with E-state index in [2.05, 4.69) is 9.97 Å². The number of hydrogen-bond acceptors (Lipinski definition) is 6. The van der Waals surface area contributed by atoms with Crippen LogP contribution in [0.25, 0.3) is 0 Å². The molecule has 0 unspecified atom stereocenters. The number of nitrogens with zero attached hydrogens (tertiary/aromatic N) is 3. The van der Waals surface area contributed by atoms with Gasteiger partial charge in [-0.3, -0.25) is 10.1 Å². The number of esters is 1. The Hall–Kier alpha value is -2.83. The summed E-state index contributed by atoms with van der Waals surface area (Å²) in [6.45, 7) is 2.03. The average Bonchev–Trinajstić information content (AvgIpc) is 2.84. The molecule has 0 aliphatic heterocycles. The maximum absolute atomic E-state index is 12.2. The zero-order valence-corrected chi connectivity index (χ0v) is 11.8. The number of non-ortho nitro benzene ring substituents is 1. The van der Waals surface area contributed by atoms with Gasteiger partial charge in [0, 0.05) is 18.3 Å². The first-order valence-corrected chi connectivity index (χ1v) is 6.81. The second kappa shape index (κ2) is 5.51. The molecule has 0 bridgehead atoms. The highest BCUT2D eigenvalue weighted by atomic mass is 16.6. The molecule has 1 heterocycles. The van der Waals surface area contributed by atoms with Crippen molar-refractivity contribution in [3.8, 4) is 0 Å². The van der Waals surface area contributed by atoms with Gasteiger partial charge < -0.3 is 4.74 Å². The SMILES string of the molecule is C[C@@H]1C[C@@H](OC(=O)c2ccc([N+](=O)[O-])cc2)c2ncncc21. The largest absolute Gasteiger partial charge is 0.452 e. The van der Waals surface area contributed by atoms with Gasteiger partial charge in [-0.25, -0.2) is 14.8 Å². The summed E-state index contributed by atoms with van der Waals surface area (Å²) in [7, 11) is 0. The van der Waals surface area contributed by atoms with Crippen LogP contribution in [0.4, 0.5) is 5.69 Å². The van der Waals surface area contributed by atoms with E-state index >= 15 is 0 Å². The molecule has 1 aromatic heterocycles. The van der Waals surface area contributed by atoms with Crippen molar-refractivity contribution in [1.29, 1.82) is 0 Å². The van der Waals surface area contributed by atoms with Gasteiger partial charge in [-0.1, -0.05) is 6.92 Å². The third kappa shape index (κ3) is 2.52. The van der Waals surface area contributed by atoms with Crippen LogP contribution in [0.3, 0.4) is 0 Å². The van der Waals surface area contributed by atoms with Gasteiger partial charge in [0.1, 0.15) is 12.4 Å². The van der Waals surface area contributed by atoms with Crippen LogP contribution in [0.1, 0.15) is 47.0 Å². The minimum atomic E-state index is -0.515. The number of nitro groups is 1. The van der Waals surface area contributed by atoms with Crippen molar-refractivity contribution in [2.45, 2.75) is 25.4 Å². The lowest BCUT2D eigenvalue weighted by molar-refractivity contribution is -0.384. The van der Waals surface area contributed by atoms with E-state index in [0.29, 0.717) is 6.42 Å². The fourth-order valence-corrected chi connectivity index (χ4v) is 2.58. The number of fused-ring (bicyclic) bond motifs is 1. The van der Waals surface area contributed by atoms with Gasteiger partial charge >= 0.3 is 5.97 Å². The highest BCUT2D eigenvalue weighted by molar-refractivity contribution is 5.89. The molecule has 7 heteroatoms. The fraction of sp³-hybridized carbons (Fsp3) is 0.267. The monoisotopic (exact) mass is 299 g/mol. The van der Waals surface area contributed by atoms with Gasteiger partial charge in [0.2, 0.25) is 0 Å². The number of hydrogen-bond donors (Lipinski definition) is 0. The lowest BCUT2D eigenvalue weighted by atomic mass is 10.1. The van der Waals surface area contributed by atoms with E-state index in [4.69, 9.17) is 4.74 Å². The van der Waals surface area contributed by atoms with E-state index < -0.39 is 17.0 Å². The highest BCUT2D eigenvalue weighted by Crippen LogP contribution is 2.40. The van der Waals surface area contributed by atoms with E-state index in [9.17, 15) is 14.9 Å². The van der Waals surface area contributed by atoms with E-state index in [0.717, 1.165) is 11.3 Å². The van der Waals surface area contributed by atoms with Gasteiger partial charge in [-0.15, -0.1) is 0 Å². The topological polar surface area (TPSA) is 95.2 Å². The van der Waals surface area contributed by atoms with Crippen molar-refractivity contribution in [2.24, 2.45) is 0 Å². The molecule has 7 nitrogen and oxygen atoms in total. The zero-order chi connectivity index (χ0) is 15.7. The molecule has 0 saturated heterocycles. The van der Waals surface area contributed by atoms with Crippen LogP contribution in [0.2, 0.25) is 0 Å². The van der Waals surface area contributed by atoms with Crippen molar-refractivity contribution in [3.63, 3.8) is 0 Å². The first-order valence-electron chi connectivity index (χ1n) is 6.81. The Kier molecular flexibility index (Phi) is 3.54. The summed E-state index contributed by atoms with van der Waals surface area (Å²) in [5.41, 5.74) is 1.94. The second-order valence-corrected chi connectivity index (χ2v) is 5.20. The Balaban J connectivity index is 1.76. The molecule has 0 fully saturated rings. The molecule has 22 heavy (non-hydrogen) atoms. The van der Waals surface area contributed by atoms with Crippen LogP contribution in [-0.2, 0) is 4.74 Å². The summed E-state index contributed by atoms with van der Waals surface area (Å²) in [6, 6.07) is 5.34. The lowest BCUT2D eigenvalue weighted by Gasteiger charge is -2.12. The van der Waals surface area contributed by atoms with Crippen molar-refractivity contribution in [3.05, 3.63) is 63.7 Å². The Bertz CT molecular complexity index is 730. The van der Waals surface area contributed by atoms with E-state index in [1.54, 1.807) is 6.20 Å². The Morgan fingerprint density at radius 2 is 2.09 bits per heavy atom. The minimum absolute atomic E-state index is 0.0656. The first kappa shape index (κ1) is 14.1. The highest BCUT2D eigenvalue weighted by Gasteiger charge is 2.32. The van der Waals surface area contributed by atoms with Gasteiger partial charge in [0.05, 0.1) is 16.2 Å². The van der Waals surface area contributed by atoms with Gasteiger partial charge in [-0.05, 0) is 30.0 Å². The number of benzene rings is 1. The van der Waals surface area contributed by atoms with Gasteiger partial charge in [-0.2, -0.15) is 0 Å². The maximum Gasteiger partial charge on any atom is 0.338 e. The van der Waals surface area contributed by atoms with Crippen LogP contribution in [0, 0.1) is 10.1 Å². The van der Waals surface area contributed by atoms with Crippen LogP contribution < -0.4 is 0 Å². The summed E-state index contributed by atoms with van der Waals surface area (Å²) >= 11 is 0. The fourth-order valence-electron chi connectivity index (χ4n) is 2.58. The number of nitro benzene ring substituents is 1. The third-order valence-corrected chi connectivity index (χ3v) is 3.74. The number of carbonyl (C=O) groups is 1. The molecular formula is C15H13N3O4. The molecule has 1 aromatic carbocycles. The molecule has 0 N–H and O–H groups in total. The number of ether oxygens (including phenoxy) is 1. The summed E-state index contributed by atoms with van der Waals surface area (Å²) in [5.74, 6) is -0.288. The van der Waals surface area contributed by atoms with E-state index in [1.807, 2.05) is 6.92 Å². The lowest BCUT2D eigenvalue weighted by Crippen LogP contribution is -2.10. The van der Waals surface area contributed by atoms with Gasteiger partial charge in [0.15, 0.2) is 0 Å². The predicted molar refractivity (Wildman–Crippen MR) is 76.3 cm³/mol. The molecule has 2 aromatic rings. The zero-order valence-electron chi connectivity index (χ0n) is 11.8. The molecule has 0 saturated carbocycles. The van der Waals surface area contributed by atoms with Crippen molar-refractivity contribution in [1.82, 2.24) is 9.97 Å². The smallest absolute Gasteiger partial charge is 0.338 e. The molecule has 1 aliphatic rings. The van der Waals surface area contributed by atoms with Crippen molar-refractivity contribution in [2.75, 3.05) is 0 Å².